The third kappa shape index (κ3) is 4.12. The third-order valence-corrected chi connectivity index (χ3v) is 5.04. The highest BCUT2D eigenvalue weighted by atomic mass is 19.4. The van der Waals surface area contributed by atoms with Crippen LogP contribution in [0.2, 0.25) is 0 Å². The molecule has 1 N–H and O–H groups in total. The lowest BCUT2D eigenvalue weighted by Crippen LogP contribution is -2.51. The quantitative estimate of drug-likeness (QED) is 0.763. The average molecular weight is 417 g/mol. The number of alkyl halides is 3. The van der Waals surface area contributed by atoms with Gasteiger partial charge >= 0.3 is 18.0 Å². The molecule has 0 saturated carbocycles. The van der Waals surface area contributed by atoms with Crippen molar-refractivity contribution in [2.24, 2.45) is 4.99 Å². The summed E-state index contributed by atoms with van der Waals surface area (Å²) in [6.07, 6.45) is -0.519. The number of aromatic nitrogens is 1. The second-order valence-electron chi connectivity index (χ2n) is 6.98. The van der Waals surface area contributed by atoms with E-state index in [-0.39, 0.29) is 0 Å². The van der Waals surface area contributed by atoms with E-state index in [2.05, 4.69) is 15.3 Å². The Morgan fingerprint density at radius 2 is 1.73 bits per heavy atom. The fraction of sp³-hybridized carbons (Fsp3) is 0.300. The number of pyridine rings is 1. The molecule has 30 heavy (non-hydrogen) atoms. The maximum atomic E-state index is 12.7. The summed E-state index contributed by atoms with van der Waals surface area (Å²) in [5, 5.41) is 2.55. The zero-order valence-electron chi connectivity index (χ0n) is 15.8. The van der Waals surface area contributed by atoms with E-state index < -0.39 is 23.6 Å². The Balaban J connectivity index is 1.32. The zero-order chi connectivity index (χ0) is 21.3. The lowest BCUT2D eigenvalue weighted by molar-refractivity contribution is -0.143. The van der Waals surface area contributed by atoms with Crippen LogP contribution in [0.15, 0.2) is 41.5 Å². The highest BCUT2D eigenvalue weighted by Gasteiger charge is 2.31. The Hall–Kier alpha value is -3.43. The SMILES string of the molecule is O=C(Nc1cnc2c(c1)N=CC2)C(=O)N1CCN(c2ccc(C(F)(F)F)cc2)CC1. The molecule has 1 fully saturated rings. The summed E-state index contributed by atoms with van der Waals surface area (Å²) in [4.78, 5) is 36.4. The number of amides is 2. The average Bonchev–Trinajstić information content (AvgIpc) is 3.21. The summed E-state index contributed by atoms with van der Waals surface area (Å²) in [6.45, 7) is 1.42. The van der Waals surface area contributed by atoms with Gasteiger partial charge in [0.1, 0.15) is 0 Å². The number of anilines is 2. The highest BCUT2D eigenvalue weighted by molar-refractivity contribution is 6.39. The van der Waals surface area contributed by atoms with E-state index in [1.54, 1.807) is 12.3 Å². The van der Waals surface area contributed by atoms with Gasteiger partial charge in [-0.2, -0.15) is 13.2 Å². The minimum Gasteiger partial charge on any atom is -0.368 e. The normalized spacial score (nSPS) is 15.8. The van der Waals surface area contributed by atoms with Crippen LogP contribution < -0.4 is 10.2 Å². The summed E-state index contributed by atoms with van der Waals surface area (Å²) >= 11 is 0. The van der Waals surface area contributed by atoms with Crippen LogP contribution in [0.3, 0.4) is 0 Å². The molecule has 0 unspecified atom stereocenters. The summed E-state index contributed by atoms with van der Waals surface area (Å²) in [7, 11) is 0. The molecular weight excluding hydrogens is 399 g/mol. The van der Waals surface area contributed by atoms with Crippen LogP contribution in [-0.4, -0.2) is 54.1 Å². The van der Waals surface area contributed by atoms with Crippen LogP contribution in [-0.2, 0) is 22.2 Å². The highest BCUT2D eigenvalue weighted by Crippen LogP contribution is 2.30. The molecule has 4 rings (SSSR count). The monoisotopic (exact) mass is 417 g/mol. The van der Waals surface area contributed by atoms with Crippen LogP contribution in [0.1, 0.15) is 11.3 Å². The maximum absolute atomic E-state index is 12.7. The zero-order valence-corrected chi connectivity index (χ0v) is 15.8. The molecule has 0 bridgehead atoms. The first kappa shape index (κ1) is 19.9. The van der Waals surface area contributed by atoms with Gasteiger partial charge < -0.3 is 15.1 Å². The summed E-state index contributed by atoms with van der Waals surface area (Å²) < 4.78 is 38.1. The Labute approximate surface area is 170 Å². The maximum Gasteiger partial charge on any atom is 0.416 e. The van der Waals surface area contributed by atoms with Gasteiger partial charge in [-0.25, -0.2) is 0 Å². The Morgan fingerprint density at radius 3 is 2.40 bits per heavy atom. The molecule has 10 heteroatoms. The molecule has 1 aromatic heterocycles. The predicted molar refractivity (Wildman–Crippen MR) is 105 cm³/mol. The molecule has 156 valence electrons. The molecule has 2 aliphatic rings. The van der Waals surface area contributed by atoms with Gasteiger partial charge in [-0.05, 0) is 30.3 Å². The van der Waals surface area contributed by atoms with E-state index in [9.17, 15) is 22.8 Å². The van der Waals surface area contributed by atoms with Gasteiger partial charge in [0.2, 0.25) is 0 Å². The number of hydrogen-bond donors (Lipinski definition) is 1. The number of benzene rings is 1. The molecule has 0 atom stereocenters. The first-order chi connectivity index (χ1) is 14.3. The van der Waals surface area contributed by atoms with Crippen molar-refractivity contribution in [1.29, 1.82) is 0 Å². The number of carbonyl (C=O) groups excluding carboxylic acids is 2. The first-order valence-electron chi connectivity index (χ1n) is 9.35. The number of rotatable bonds is 2. The summed E-state index contributed by atoms with van der Waals surface area (Å²) in [5.41, 5.74) is 1.83. The molecule has 2 amide bonds. The lowest BCUT2D eigenvalue weighted by atomic mass is 10.1. The van der Waals surface area contributed by atoms with Crippen LogP contribution in [0.5, 0.6) is 0 Å². The van der Waals surface area contributed by atoms with E-state index in [1.165, 1.54) is 23.2 Å². The second kappa shape index (κ2) is 7.77. The minimum absolute atomic E-state index is 0.292. The van der Waals surface area contributed by atoms with Crippen LogP contribution in [0, 0.1) is 0 Å². The van der Waals surface area contributed by atoms with Gasteiger partial charge in [-0.15, -0.1) is 0 Å². The topological polar surface area (TPSA) is 77.9 Å². The van der Waals surface area contributed by atoms with E-state index in [1.807, 2.05) is 4.90 Å². The van der Waals surface area contributed by atoms with Crippen molar-refractivity contribution in [3.05, 3.63) is 47.8 Å². The molecule has 2 aliphatic heterocycles. The second-order valence-corrected chi connectivity index (χ2v) is 6.98. The number of fused-ring (bicyclic) bond motifs is 1. The minimum atomic E-state index is -4.38. The van der Waals surface area contributed by atoms with Crippen molar-refractivity contribution in [3.8, 4) is 0 Å². The van der Waals surface area contributed by atoms with Gasteiger partial charge in [-0.3, -0.25) is 19.6 Å². The molecule has 7 nitrogen and oxygen atoms in total. The fourth-order valence-electron chi connectivity index (χ4n) is 3.41. The van der Waals surface area contributed by atoms with Crippen molar-refractivity contribution in [3.63, 3.8) is 0 Å². The Kier molecular flexibility index (Phi) is 5.15. The van der Waals surface area contributed by atoms with Crippen molar-refractivity contribution >= 4 is 35.1 Å². The molecule has 3 heterocycles. The molecular formula is C20H18F3N5O2. The van der Waals surface area contributed by atoms with E-state index >= 15 is 0 Å². The number of nitrogens with one attached hydrogen (secondary N) is 1. The van der Waals surface area contributed by atoms with E-state index in [0.29, 0.717) is 49.7 Å². The van der Waals surface area contributed by atoms with E-state index in [4.69, 9.17) is 0 Å². The Bertz CT molecular complexity index is 996. The van der Waals surface area contributed by atoms with Crippen molar-refractivity contribution in [1.82, 2.24) is 9.88 Å². The van der Waals surface area contributed by atoms with Gasteiger partial charge in [0.25, 0.3) is 0 Å². The summed E-state index contributed by atoms with van der Waals surface area (Å²) in [6, 6.07) is 6.57. The van der Waals surface area contributed by atoms with E-state index in [0.717, 1.165) is 17.8 Å². The standard InChI is InChI=1S/C20H18F3N5O2/c21-20(22,23)13-1-3-15(4-2-13)27-7-9-28(10-8-27)19(30)18(29)26-14-11-17-16(25-12-14)5-6-24-17/h1-4,6,11-12H,5,7-10H2,(H,26,29). The predicted octanol–water partition coefficient (Wildman–Crippen LogP) is 2.65. The largest absolute Gasteiger partial charge is 0.416 e. The van der Waals surface area contributed by atoms with Crippen LogP contribution in [0.4, 0.5) is 30.2 Å². The number of aliphatic imine (C=N–C) groups is 1. The molecule has 0 spiro atoms. The molecule has 1 aromatic carbocycles. The van der Waals surface area contributed by atoms with Crippen molar-refractivity contribution in [2.75, 3.05) is 36.4 Å². The fourth-order valence-corrected chi connectivity index (χ4v) is 3.41. The molecule has 1 saturated heterocycles. The van der Waals surface area contributed by atoms with Gasteiger partial charge in [0.15, 0.2) is 0 Å². The van der Waals surface area contributed by atoms with Gasteiger partial charge in [0.05, 0.1) is 28.8 Å². The van der Waals surface area contributed by atoms with Gasteiger partial charge in [0, 0.05) is 44.5 Å². The smallest absolute Gasteiger partial charge is 0.368 e. The van der Waals surface area contributed by atoms with Crippen LogP contribution in [0.25, 0.3) is 0 Å². The number of nitrogens with zero attached hydrogens (tertiary/aromatic N) is 4. The number of piperazine rings is 1. The molecule has 0 radical (unpaired) electrons. The Morgan fingerprint density at radius 1 is 1.03 bits per heavy atom. The third-order valence-electron chi connectivity index (χ3n) is 5.04. The van der Waals surface area contributed by atoms with Crippen LogP contribution >= 0.6 is 0 Å². The molecule has 0 aliphatic carbocycles. The number of hydrogen-bond acceptors (Lipinski definition) is 5. The molecule has 2 aromatic rings. The van der Waals surface area contributed by atoms with Crippen molar-refractivity contribution in [2.45, 2.75) is 12.6 Å². The lowest BCUT2D eigenvalue weighted by Gasteiger charge is -2.35. The first-order valence-corrected chi connectivity index (χ1v) is 9.35. The van der Waals surface area contributed by atoms with Gasteiger partial charge in [-0.1, -0.05) is 0 Å². The number of carbonyl (C=O) groups is 2. The van der Waals surface area contributed by atoms with Crippen molar-refractivity contribution < 1.29 is 22.8 Å². The number of halogens is 3. The summed E-state index contributed by atoms with van der Waals surface area (Å²) in [5.74, 6) is -1.42.